The lowest BCUT2D eigenvalue weighted by Crippen LogP contribution is -2.51. The fourth-order valence-electron chi connectivity index (χ4n) is 3.52. The van der Waals surface area contributed by atoms with Gasteiger partial charge < -0.3 is 10.6 Å². The maximum Gasteiger partial charge on any atom is 0.240 e. The third-order valence-corrected chi connectivity index (χ3v) is 4.90. The van der Waals surface area contributed by atoms with Crippen molar-refractivity contribution in [1.29, 1.82) is 0 Å². The third kappa shape index (κ3) is 4.24. The van der Waals surface area contributed by atoms with Crippen molar-refractivity contribution in [3.63, 3.8) is 0 Å². The van der Waals surface area contributed by atoms with Gasteiger partial charge in [-0.05, 0) is 37.1 Å². The van der Waals surface area contributed by atoms with Crippen LogP contribution in [0.4, 0.5) is 0 Å². The molecule has 0 bridgehead atoms. The van der Waals surface area contributed by atoms with Gasteiger partial charge in [0.25, 0.3) is 0 Å². The highest BCUT2D eigenvalue weighted by Gasteiger charge is 2.39. The zero-order chi connectivity index (χ0) is 18.5. The standard InChI is InChI=1S/C19H26N6O/c1-13-17(14(2)24-23-13)18(20)19(26)25(11-15-5-3-7-21-9-15)12-16-6-4-8-22-10-16/h3-10,13-14,17-18,23-24H,11-12,20H2,1-2H3. The van der Waals surface area contributed by atoms with Crippen LogP contribution in [0, 0.1) is 5.92 Å². The molecule has 138 valence electrons. The first-order chi connectivity index (χ1) is 12.6. The molecule has 3 unspecified atom stereocenters. The monoisotopic (exact) mass is 354 g/mol. The Morgan fingerprint density at radius 1 is 1.08 bits per heavy atom. The lowest BCUT2D eigenvalue weighted by atomic mass is 9.88. The Kier molecular flexibility index (Phi) is 5.92. The van der Waals surface area contributed by atoms with E-state index in [9.17, 15) is 4.79 Å². The molecule has 1 amide bonds. The first-order valence-corrected chi connectivity index (χ1v) is 8.89. The molecular weight excluding hydrogens is 328 g/mol. The van der Waals surface area contributed by atoms with Gasteiger partial charge in [-0.15, -0.1) is 0 Å². The van der Waals surface area contributed by atoms with Gasteiger partial charge in [0.1, 0.15) is 0 Å². The number of nitrogens with zero attached hydrogens (tertiary/aromatic N) is 3. The average Bonchev–Trinajstić information content (AvgIpc) is 3.00. The molecule has 7 nitrogen and oxygen atoms in total. The maximum absolute atomic E-state index is 13.2. The quantitative estimate of drug-likeness (QED) is 0.711. The van der Waals surface area contributed by atoms with Crippen molar-refractivity contribution in [2.24, 2.45) is 11.7 Å². The van der Waals surface area contributed by atoms with E-state index in [4.69, 9.17) is 5.73 Å². The second kappa shape index (κ2) is 8.35. The molecule has 7 heteroatoms. The Labute approximate surface area is 154 Å². The van der Waals surface area contributed by atoms with Gasteiger partial charge in [0.15, 0.2) is 0 Å². The molecule has 1 fully saturated rings. The van der Waals surface area contributed by atoms with E-state index < -0.39 is 6.04 Å². The molecule has 4 N–H and O–H groups in total. The number of aromatic nitrogens is 2. The number of hydrogen-bond donors (Lipinski definition) is 3. The maximum atomic E-state index is 13.2. The van der Waals surface area contributed by atoms with Crippen LogP contribution in [0.15, 0.2) is 49.1 Å². The van der Waals surface area contributed by atoms with Crippen LogP contribution < -0.4 is 16.6 Å². The van der Waals surface area contributed by atoms with Gasteiger partial charge in [0.2, 0.25) is 5.91 Å². The lowest BCUT2D eigenvalue weighted by Gasteiger charge is -2.31. The number of carbonyl (C=O) groups is 1. The molecule has 0 saturated carbocycles. The van der Waals surface area contributed by atoms with Crippen molar-refractivity contribution >= 4 is 5.91 Å². The van der Waals surface area contributed by atoms with Crippen LogP contribution in [-0.4, -0.2) is 38.9 Å². The molecular formula is C19H26N6O. The predicted octanol–water partition coefficient (Wildman–Crippen LogP) is 0.834. The van der Waals surface area contributed by atoms with Gasteiger partial charge in [0.05, 0.1) is 6.04 Å². The minimum absolute atomic E-state index is 0.0211. The first kappa shape index (κ1) is 18.4. The van der Waals surface area contributed by atoms with Gasteiger partial charge in [-0.25, -0.2) is 0 Å². The van der Waals surface area contributed by atoms with Crippen molar-refractivity contribution in [3.05, 3.63) is 60.2 Å². The summed E-state index contributed by atoms with van der Waals surface area (Å²) in [5.41, 5.74) is 14.7. The molecule has 3 heterocycles. The van der Waals surface area contributed by atoms with Crippen LogP contribution in [0.1, 0.15) is 25.0 Å². The van der Waals surface area contributed by atoms with E-state index in [0.717, 1.165) is 11.1 Å². The first-order valence-electron chi connectivity index (χ1n) is 8.89. The van der Waals surface area contributed by atoms with E-state index in [1.165, 1.54) is 0 Å². The highest BCUT2D eigenvalue weighted by molar-refractivity contribution is 5.82. The minimum atomic E-state index is -0.587. The van der Waals surface area contributed by atoms with Crippen LogP contribution in [0.3, 0.4) is 0 Å². The zero-order valence-corrected chi connectivity index (χ0v) is 15.2. The fraction of sp³-hybridized carbons (Fsp3) is 0.421. The van der Waals surface area contributed by atoms with Gasteiger partial charge in [-0.1, -0.05) is 12.1 Å². The Hall–Kier alpha value is -2.35. The molecule has 3 atom stereocenters. The molecule has 26 heavy (non-hydrogen) atoms. The number of rotatable bonds is 6. The number of nitrogens with two attached hydrogens (primary N) is 1. The van der Waals surface area contributed by atoms with Crippen molar-refractivity contribution in [2.45, 2.75) is 45.1 Å². The summed E-state index contributed by atoms with van der Waals surface area (Å²) >= 11 is 0. The van der Waals surface area contributed by atoms with Crippen LogP contribution in [-0.2, 0) is 17.9 Å². The van der Waals surface area contributed by atoms with Gasteiger partial charge >= 0.3 is 0 Å². The Morgan fingerprint density at radius 2 is 1.58 bits per heavy atom. The molecule has 0 spiro atoms. The summed E-state index contributed by atoms with van der Waals surface area (Å²) in [6, 6.07) is 7.34. The number of carbonyl (C=O) groups excluding carboxylic acids is 1. The second-order valence-electron chi connectivity index (χ2n) is 6.89. The Balaban J connectivity index is 1.80. The normalized spacial score (nSPS) is 23.6. The van der Waals surface area contributed by atoms with E-state index >= 15 is 0 Å². The van der Waals surface area contributed by atoms with E-state index in [1.54, 1.807) is 29.7 Å². The smallest absolute Gasteiger partial charge is 0.240 e. The summed E-state index contributed by atoms with van der Waals surface area (Å²) in [4.78, 5) is 23.3. The van der Waals surface area contributed by atoms with Gasteiger partial charge in [-0.2, -0.15) is 0 Å². The van der Waals surface area contributed by atoms with E-state index in [0.29, 0.717) is 13.1 Å². The molecule has 0 aliphatic carbocycles. The van der Waals surface area contributed by atoms with E-state index in [2.05, 4.69) is 20.8 Å². The molecule has 2 aromatic rings. The van der Waals surface area contributed by atoms with Crippen LogP contribution in [0.25, 0.3) is 0 Å². The minimum Gasteiger partial charge on any atom is -0.333 e. The number of pyridine rings is 2. The molecule has 1 aliphatic rings. The molecule has 0 aromatic carbocycles. The highest BCUT2D eigenvalue weighted by Crippen LogP contribution is 2.20. The number of nitrogens with one attached hydrogen (secondary N) is 2. The average molecular weight is 354 g/mol. The number of hydrogen-bond acceptors (Lipinski definition) is 6. The summed E-state index contributed by atoms with van der Waals surface area (Å²) in [5, 5.41) is 0. The number of hydrazine groups is 1. The Morgan fingerprint density at radius 3 is 2.00 bits per heavy atom. The zero-order valence-electron chi connectivity index (χ0n) is 15.2. The van der Waals surface area contributed by atoms with Crippen LogP contribution in [0.2, 0.25) is 0 Å². The molecule has 1 aliphatic heterocycles. The van der Waals surface area contributed by atoms with Crippen molar-refractivity contribution in [3.8, 4) is 0 Å². The van der Waals surface area contributed by atoms with Crippen LogP contribution >= 0.6 is 0 Å². The molecule has 1 saturated heterocycles. The largest absolute Gasteiger partial charge is 0.333 e. The summed E-state index contributed by atoms with van der Waals surface area (Å²) in [7, 11) is 0. The van der Waals surface area contributed by atoms with Gasteiger partial charge in [-0.3, -0.25) is 25.6 Å². The Bertz CT molecular complexity index is 659. The second-order valence-corrected chi connectivity index (χ2v) is 6.89. The van der Waals surface area contributed by atoms with Crippen molar-refractivity contribution in [1.82, 2.24) is 25.7 Å². The highest BCUT2D eigenvalue weighted by atomic mass is 16.2. The predicted molar refractivity (Wildman–Crippen MR) is 99.4 cm³/mol. The summed E-state index contributed by atoms with van der Waals surface area (Å²) in [5.74, 6) is -0.0419. The summed E-state index contributed by atoms with van der Waals surface area (Å²) in [6.07, 6.45) is 7.00. The topological polar surface area (TPSA) is 96.2 Å². The molecule has 2 aromatic heterocycles. The molecule has 0 radical (unpaired) electrons. The van der Waals surface area contributed by atoms with E-state index in [1.807, 2.05) is 38.1 Å². The van der Waals surface area contributed by atoms with Crippen molar-refractivity contribution < 1.29 is 4.79 Å². The fourth-order valence-corrected chi connectivity index (χ4v) is 3.52. The van der Waals surface area contributed by atoms with Crippen molar-refractivity contribution in [2.75, 3.05) is 0 Å². The molecule has 3 rings (SSSR count). The van der Waals surface area contributed by atoms with Crippen LogP contribution in [0.5, 0.6) is 0 Å². The number of amides is 1. The van der Waals surface area contributed by atoms with E-state index in [-0.39, 0.29) is 23.9 Å². The summed E-state index contributed by atoms with van der Waals surface area (Å²) < 4.78 is 0. The SMILES string of the molecule is CC1NNC(C)C1C(N)C(=O)N(Cc1cccnc1)Cc1cccnc1. The summed E-state index contributed by atoms with van der Waals surface area (Å²) in [6.45, 7) is 5.01. The third-order valence-electron chi connectivity index (χ3n) is 4.90. The van der Waals surface area contributed by atoms with Gasteiger partial charge in [0, 0.05) is 55.9 Å². The lowest BCUT2D eigenvalue weighted by molar-refractivity contribution is -0.135.